The Labute approximate surface area is 150 Å². The normalized spacial score (nSPS) is 11.7. The second kappa shape index (κ2) is 6.71. The van der Waals surface area contributed by atoms with Gasteiger partial charge in [0.15, 0.2) is 0 Å². The molecule has 26 heavy (non-hydrogen) atoms. The lowest BCUT2D eigenvalue weighted by molar-refractivity contribution is -0.136. The van der Waals surface area contributed by atoms with Crippen LogP contribution in [0.4, 0.5) is 10.5 Å². The number of fused-ring (bicyclic) bond motifs is 3. The lowest BCUT2D eigenvalue weighted by Gasteiger charge is -2.20. The number of hydrogen-bond donors (Lipinski definition) is 2. The number of anilines is 1. The van der Waals surface area contributed by atoms with Gasteiger partial charge in [0.2, 0.25) is 0 Å². The van der Waals surface area contributed by atoms with Crippen molar-refractivity contribution in [3.05, 3.63) is 42.0 Å². The number of carbonyl (C=O) groups is 2. The highest BCUT2D eigenvalue weighted by atomic mass is 16.6. The number of furan rings is 1. The quantitative estimate of drug-likeness (QED) is 0.691. The van der Waals surface area contributed by atoms with Gasteiger partial charge in [-0.25, -0.2) is 4.79 Å². The highest BCUT2D eigenvalue weighted by molar-refractivity contribution is 6.07. The molecule has 0 aliphatic rings. The first-order valence-electron chi connectivity index (χ1n) is 8.39. The molecule has 1 amide bonds. The molecule has 6 nitrogen and oxygen atoms in total. The number of carboxylic acids is 1. The van der Waals surface area contributed by atoms with E-state index < -0.39 is 17.7 Å². The number of ether oxygens (including phenoxy) is 1. The van der Waals surface area contributed by atoms with Gasteiger partial charge in [0.05, 0.1) is 0 Å². The maximum atomic E-state index is 12.2. The van der Waals surface area contributed by atoms with Crippen LogP contribution in [0.25, 0.3) is 21.9 Å². The van der Waals surface area contributed by atoms with Crippen LogP contribution in [0.3, 0.4) is 0 Å². The Bertz CT molecular complexity index is 981. The Morgan fingerprint density at radius 3 is 2.54 bits per heavy atom. The van der Waals surface area contributed by atoms with Crippen molar-refractivity contribution >= 4 is 39.7 Å². The zero-order valence-electron chi connectivity index (χ0n) is 15.0. The molecule has 0 radical (unpaired) electrons. The van der Waals surface area contributed by atoms with E-state index in [1.54, 1.807) is 26.8 Å². The second-order valence-electron chi connectivity index (χ2n) is 7.12. The highest BCUT2D eigenvalue weighted by Gasteiger charge is 2.19. The minimum absolute atomic E-state index is 0.0469. The fraction of sp³-hybridized carbons (Fsp3) is 0.300. The highest BCUT2D eigenvalue weighted by Crippen LogP contribution is 2.33. The molecule has 0 saturated heterocycles. The van der Waals surface area contributed by atoms with E-state index in [-0.39, 0.29) is 12.8 Å². The molecule has 0 aliphatic heterocycles. The molecule has 0 bridgehead atoms. The molecule has 0 spiro atoms. The van der Waals surface area contributed by atoms with Crippen LogP contribution < -0.4 is 5.32 Å². The minimum atomic E-state index is -0.905. The molecular formula is C20H21NO5. The minimum Gasteiger partial charge on any atom is -0.481 e. The summed E-state index contributed by atoms with van der Waals surface area (Å²) >= 11 is 0. The number of hydrogen-bond acceptors (Lipinski definition) is 4. The van der Waals surface area contributed by atoms with Gasteiger partial charge in [-0.05, 0) is 51.0 Å². The summed E-state index contributed by atoms with van der Waals surface area (Å²) in [5.41, 5.74) is 1.98. The topological polar surface area (TPSA) is 88.8 Å². The number of nitrogens with one attached hydrogen (secondary N) is 1. The van der Waals surface area contributed by atoms with Gasteiger partial charge in [0.1, 0.15) is 16.8 Å². The van der Waals surface area contributed by atoms with Crippen LogP contribution in [0.2, 0.25) is 0 Å². The lowest BCUT2D eigenvalue weighted by Crippen LogP contribution is -2.27. The number of para-hydroxylation sites is 1. The Hall–Kier alpha value is -3.02. The smallest absolute Gasteiger partial charge is 0.412 e. The third kappa shape index (κ3) is 3.96. The molecule has 2 N–H and O–H groups in total. The van der Waals surface area contributed by atoms with Crippen molar-refractivity contribution < 1.29 is 23.8 Å². The van der Waals surface area contributed by atoms with Crippen LogP contribution in [0.15, 0.2) is 40.8 Å². The van der Waals surface area contributed by atoms with E-state index in [0.29, 0.717) is 16.8 Å². The number of aliphatic carboxylic acids is 1. The average Bonchev–Trinajstić information content (AvgIpc) is 2.88. The maximum Gasteiger partial charge on any atom is 0.412 e. The zero-order valence-corrected chi connectivity index (χ0v) is 15.0. The Balaban J connectivity index is 2.04. The zero-order chi connectivity index (χ0) is 18.9. The molecule has 6 heteroatoms. The summed E-state index contributed by atoms with van der Waals surface area (Å²) in [5, 5.41) is 13.5. The fourth-order valence-corrected chi connectivity index (χ4v) is 2.79. The van der Waals surface area contributed by atoms with E-state index in [1.165, 1.54) is 0 Å². The first-order valence-corrected chi connectivity index (χ1v) is 8.39. The number of carboxylic acid groups (broad SMARTS) is 1. The van der Waals surface area contributed by atoms with E-state index >= 15 is 0 Å². The lowest BCUT2D eigenvalue weighted by atomic mass is 10.0. The summed E-state index contributed by atoms with van der Waals surface area (Å²) in [4.78, 5) is 23.1. The van der Waals surface area contributed by atoms with Gasteiger partial charge in [-0.3, -0.25) is 10.1 Å². The summed E-state index contributed by atoms with van der Waals surface area (Å²) in [5.74, 6) is -0.905. The molecule has 3 rings (SSSR count). The van der Waals surface area contributed by atoms with E-state index in [9.17, 15) is 9.59 Å². The first-order chi connectivity index (χ1) is 12.2. The summed E-state index contributed by atoms with van der Waals surface area (Å²) in [6, 6.07) is 11.2. The van der Waals surface area contributed by atoms with Crippen molar-refractivity contribution in [2.45, 2.75) is 39.2 Å². The summed E-state index contributed by atoms with van der Waals surface area (Å²) in [7, 11) is 0. The van der Waals surface area contributed by atoms with Gasteiger partial charge in [-0.15, -0.1) is 0 Å². The summed E-state index contributed by atoms with van der Waals surface area (Å²) in [6.45, 7) is 5.35. The third-order valence-electron chi connectivity index (χ3n) is 3.85. The van der Waals surface area contributed by atoms with E-state index in [1.807, 2.05) is 30.3 Å². The predicted octanol–water partition coefficient (Wildman–Crippen LogP) is 4.95. The Kier molecular flexibility index (Phi) is 4.59. The molecule has 0 unspecified atom stereocenters. The SMILES string of the molecule is CC(C)(C)OC(=O)Nc1cc2c(cc1CCC(=O)O)oc1ccccc12. The van der Waals surface area contributed by atoms with E-state index in [2.05, 4.69) is 5.32 Å². The predicted molar refractivity (Wildman–Crippen MR) is 99.5 cm³/mol. The van der Waals surface area contributed by atoms with Crippen molar-refractivity contribution in [1.29, 1.82) is 0 Å². The van der Waals surface area contributed by atoms with Crippen LogP contribution in [0.1, 0.15) is 32.8 Å². The summed E-state index contributed by atoms with van der Waals surface area (Å²) in [6.07, 6.45) is -0.358. The molecular weight excluding hydrogens is 334 g/mol. The molecule has 1 heterocycles. The van der Waals surface area contributed by atoms with Gasteiger partial charge in [-0.2, -0.15) is 0 Å². The number of rotatable bonds is 4. The average molecular weight is 355 g/mol. The fourth-order valence-electron chi connectivity index (χ4n) is 2.79. The van der Waals surface area contributed by atoms with Crippen LogP contribution in [-0.4, -0.2) is 22.8 Å². The number of amides is 1. The molecule has 3 aromatic rings. The molecule has 0 atom stereocenters. The van der Waals surface area contributed by atoms with E-state index in [4.69, 9.17) is 14.3 Å². The molecule has 0 saturated carbocycles. The number of benzene rings is 2. The molecule has 2 aromatic carbocycles. The first kappa shape index (κ1) is 17.8. The van der Waals surface area contributed by atoms with Gasteiger partial charge in [0.25, 0.3) is 0 Å². The van der Waals surface area contributed by atoms with Crippen LogP contribution >= 0.6 is 0 Å². The molecule has 1 aromatic heterocycles. The van der Waals surface area contributed by atoms with Gasteiger partial charge < -0.3 is 14.3 Å². The van der Waals surface area contributed by atoms with Crippen molar-refractivity contribution in [2.75, 3.05) is 5.32 Å². The number of carbonyl (C=O) groups excluding carboxylic acids is 1. The number of aryl methyl sites for hydroxylation is 1. The molecule has 136 valence electrons. The monoisotopic (exact) mass is 355 g/mol. The second-order valence-corrected chi connectivity index (χ2v) is 7.12. The third-order valence-corrected chi connectivity index (χ3v) is 3.85. The van der Waals surface area contributed by atoms with E-state index in [0.717, 1.165) is 16.4 Å². The largest absolute Gasteiger partial charge is 0.481 e. The van der Waals surface area contributed by atoms with Crippen molar-refractivity contribution in [3.8, 4) is 0 Å². The standard InChI is InChI=1S/C20H21NO5/c1-20(2,3)26-19(24)21-15-11-14-13-6-4-5-7-16(13)25-17(14)10-12(15)8-9-18(22)23/h4-7,10-11H,8-9H2,1-3H3,(H,21,24)(H,22,23). The van der Waals surface area contributed by atoms with Crippen LogP contribution in [0, 0.1) is 0 Å². The molecule has 0 aliphatic carbocycles. The van der Waals surface area contributed by atoms with Gasteiger partial charge >= 0.3 is 12.1 Å². The van der Waals surface area contributed by atoms with Crippen molar-refractivity contribution in [3.63, 3.8) is 0 Å². The van der Waals surface area contributed by atoms with Crippen LogP contribution in [-0.2, 0) is 16.0 Å². The Morgan fingerprint density at radius 2 is 1.85 bits per heavy atom. The molecule has 0 fully saturated rings. The van der Waals surface area contributed by atoms with Crippen molar-refractivity contribution in [1.82, 2.24) is 0 Å². The van der Waals surface area contributed by atoms with Crippen LogP contribution in [0.5, 0.6) is 0 Å². The Morgan fingerprint density at radius 1 is 1.12 bits per heavy atom. The van der Waals surface area contributed by atoms with Gasteiger partial charge in [-0.1, -0.05) is 18.2 Å². The summed E-state index contributed by atoms with van der Waals surface area (Å²) < 4.78 is 11.2. The van der Waals surface area contributed by atoms with Crippen molar-refractivity contribution in [2.24, 2.45) is 0 Å². The van der Waals surface area contributed by atoms with Gasteiger partial charge in [0, 0.05) is 22.9 Å². The maximum absolute atomic E-state index is 12.2.